The number of ketones is 1. The van der Waals surface area contributed by atoms with Crippen LogP contribution in [0.1, 0.15) is 30.6 Å². The van der Waals surface area contributed by atoms with Gasteiger partial charge in [0.1, 0.15) is 0 Å². The molecule has 0 saturated carbocycles. The van der Waals surface area contributed by atoms with Gasteiger partial charge in [-0.15, -0.1) is 0 Å². The number of hydrogen-bond acceptors (Lipinski definition) is 3. The SMILES string of the molecule is CC(=O)c1ccc(Br)cc1N1CCCN(C(C)=O)CC1. The van der Waals surface area contributed by atoms with Crippen LogP contribution in [0, 0.1) is 0 Å². The largest absolute Gasteiger partial charge is 0.369 e. The summed E-state index contributed by atoms with van der Waals surface area (Å²) in [7, 11) is 0. The third kappa shape index (κ3) is 3.39. The summed E-state index contributed by atoms with van der Waals surface area (Å²) in [6, 6.07) is 5.73. The van der Waals surface area contributed by atoms with Crippen LogP contribution in [0.5, 0.6) is 0 Å². The summed E-state index contributed by atoms with van der Waals surface area (Å²) in [5, 5.41) is 0. The Morgan fingerprint density at radius 1 is 1.10 bits per heavy atom. The summed E-state index contributed by atoms with van der Waals surface area (Å²) in [6.45, 7) is 6.31. The van der Waals surface area contributed by atoms with Crippen LogP contribution in [0.3, 0.4) is 0 Å². The van der Waals surface area contributed by atoms with Crippen molar-refractivity contribution in [3.8, 4) is 0 Å². The lowest BCUT2D eigenvalue weighted by Gasteiger charge is -2.25. The Morgan fingerprint density at radius 2 is 1.85 bits per heavy atom. The molecule has 1 heterocycles. The molecular formula is C15H19BrN2O2. The lowest BCUT2D eigenvalue weighted by atomic mass is 10.1. The molecule has 1 amide bonds. The molecule has 0 bridgehead atoms. The van der Waals surface area contributed by atoms with Gasteiger partial charge >= 0.3 is 0 Å². The molecule has 0 aliphatic carbocycles. The molecule has 1 aliphatic rings. The summed E-state index contributed by atoms with van der Waals surface area (Å²) < 4.78 is 0.963. The smallest absolute Gasteiger partial charge is 0.219 e. The van der Waals surface area contributed by atoms with Crippen molar-refractivity contribution in [3.05, 3.63) is 28.2 Å². The fourth-order valence-corrected chi connectivity index (χ4v) is 2.89. The molecule has 1 aromatic rings. The van der Waals surface area contributed by atoms with E-state index in [9.17, 15) is 9.59 Å². The van der Waals surface area contributed by atoms with Gasteiger partial charge in [0, 0.05) is 48.8 Å². The second-order valence-electron chi connectivity index (χ2n) is 5.06. The zero-order valence-electron chi connectivity index (χ0n) is 11.9. The second-order valence-corrected chi connectivity index (χ2v) is 5.98. The van der Waals surface area contributed by atoms with Gasteiger partial charge in [0.15, 0.2) is 5.78 Å². The minimum Gasteiger partial charge on any atom is -0.369 e. The predicted molar refractivity (Wildman–Crippen MR) is 83.2 cm³/mol. The number of hydrogen-bond donors (Lipinski definition) is 0. The zero-order valence-corrected chi connectivity index (χ0v) is 13.4. The first-order valence-electron chi connectivity index (χ1n) is 6.80. The number of anilines is 1. The van der Waals surface area contributed by atoms with Crippen molar-refractivity contribution in [2.24, 2.45) is 0 Å². The molecular weight excluding hydrogens is 320 g/mol. The Labute approximate surface area is 127 Å². The van der Waals surface area contributed by atoms with E-state index in [0.717, 1.165) is 41.8 Å². The highest BCUT2D eigenvalue weighted by Gasteiger charge is 2.20. The van der Waals surface area contributed by atoms with E-state index in [4.69, 9.17) is 0 Å². The number of Topliss-reactive ketones (excluding diaryl/α,β-unsaturated/α-hetero) is 1. The van der Waals surface area contributed by atoms with Crippen LogP contribution >= 0.6 is 15.9 Å². The van der Waals surface area contributed by atoms with Crippen molar-refractivity contribution < 1.29 is 9.59 Å². The van der Waals surface area contributed by atoms with Gasteiger partial charge in [-0.2, -0.15) is 0 Å². The van der Waals surface area contributed by atoms with Crippen LogP contribution in [0.2, 0.25) is 0 Å². The summed E-state index contributed by atoms with van der Waals surface area (Å²) in [6.07, 6.45) is 0.920. The fourth-order valence-electron chi connectivity index (χ4n) is 2.54. The number of carbonyl (C=O) groups is 2. The maximum absolute atomic E-state index is 11.8. The van der Waals surface area contributed by atoms with Crippen molar-refractivity contribution in [3.63, 3.8) is 0 Å². The summed E-state index contributed by atoms with van der Waals surface area (Å²) in [5.74, 6) is 0.188. The number of benzene rings is 1. The van der Waals surface area contributed by atoms with E-state index < -0.39 is 0 Å². The fraction of sp³-hybridized carbons (Fsp3) is 0.467. The van der Waals surface area contributed by atoms with E-state index in [2.05, 4.69) is 20.8 Å². The predicted octanol–water partition coefficient (Wildman–Crippen LogP) is 2.71. The van der Waals surface area contributed by atoms with E-state index in [-0.39, 0.29) is 11.7 Å². The van der Waals surface area contributed by atoms with Gasteiger partial charge in [0.2, 0.25) is 5.91 Å². The quantitative estimate of drug-likeness (QED) is 0.778. The maximum atomic E-state index is 11.8. The monoisotopic (exact) mass is 338 g/mol. The number of rotatable bonds is 2. The highest BCUT2D eigenvalue weighted by molar-refractivity contribution is 9.10. The lowest BCUT2D eigenvalue weighted by Crippen LogP contribution is -2.34. The van der Waals surface area contributed by atoms with Crippen molar-refractivity contribution >= 4 is 33.3 Å². The molecule has 0 N–H and O–H groups in total. The lowest BCUT2D eigenvalue weighted by molar-refractivity contribution is -0.128. The Kier molecular flexibility index (Phi) is 4.81. The molecule has 4 nitrogen and oxygen atoms in total. The van der Waals surface area contributed by atoms with E-state index in [1.807, 2.05) is 23.1 Å². The molecule has 1 aromatic carbocycles. The van der Waals surface area contributed by atoms with Gasteiger partial charge < -0.3 is 9.80 Å². The Morgan fingerprint density at radius 3 is 2.50 bits per heavy atom. The topological polar surface area (TPSA) is 40.6 Å². The third-order valence-corrected chi connectivity index (χ3v) is 4.11. The van der Waals surface area contributed by atoms with Gasteiger partial charge in [-0.25, -0.2) is 0 Å². The van der Waals surface area contributed by atoms with Gasteiger partial charge in [0.25, 0.3) is 0 Å². The molecule has 2 rings (SSSR count). The molecule has 5 heteroatoms. The van der Waals surface area contributed by atoms with Crippen molar-refractivity contribution in [2.45, 2.75) is 20.3 Å². The van der Waals surface area contributed by atoms with Gasteiger partial charge in [-0.3, -0.25) is 9.59 Å². The Balaban J connectivity index is 2.25. The highest BCUT2D eigenvalue weighted by atomic mass is 79.9. The molecule has 0 atom stereocenters. The van der Waals surface area contributed by atoms with Crippen molar-refractivity contribution in [2.75, 3.05) is 31.1 Å². The molecule has 1 saturated heterocycles. The van der Waals surface area contributed by atoms with Crippen molar-refractivity contribution in [1.29, 1.82) is 0 Å². The number of halogens is 1. The van der Waals surface area contributed by atoms with Gasteiger partial charge in [-0.1, -0.05) is 15.9 Å². The van der Waals surface area contributed by atoms with Crippen LogP contribution < -0.4 is 4.90 Å². The Bertz CT molecular complexity index is 531. The molecule has 0 aromatic heterocycles. The summed E-state index contributed by atoms with van der Waals surface area (Å²) >= 11 is 3.46. The average Bonchev–Trinajstić information content (AvgIpc) is 2.63. The zero-order chi connectivity index (χ0) is 14.7. The number of carbonyl (C=O) groups excluding carboxylic acids is 2. The van der Waals surface area contributed by atoms with Crippen LogP contribution in [0.25, 0.3) is 0 Å². The molecule has 108 valence electrons. The minimum atomic E-state index is 0.0696. The second kappa shape index (κ2) is 6.39. The molecule has 0 unspecified atom stereocenters. The normalized spacial score (nSPS) is 15.9. The molecule has 1 fully saturated rings. The molecule has 0 radical (unpaired) electrons. The first-order valence-corrected chi connectivity index (χ1v) is 7.59. The van der Waals surface area contributed by atoms with E-state index >= 15 is 0 Å². The van der Waals surface area contributed by atoms with E-state index in [1.54, 1.807) is 13.8 Å². The van der Waals surface area contributed by atoms with E-state index in [1.165, 1.54) is 0 Å². The highest BCUT2D eigenvalue weighted by Crippen LogP contribution is 2.26. The molecule has 20 heavy (non-hydrogen) atoms. The average molecular weight is 339 g/mol. The third-order valence-electron chi connectivity index (χ3n) is 3.62. The summed E-state index contributed by atoms with van der Waals surface area (Å²) in [4.78, 5) is 27.3. The van der Waals surface area contributed by atoms with Gasteiger partial charge in [-0.05, 0) is 31.5 Å². The van der Waals surface area contributed by atoms with Crippen LogP contribution in [-0.2, 0) is 4.79 Å². The maximum Gasteiger partial charge on any atom is 0.219 e. The molecule has 0 spiro atoms. The first-order chi connectivity index (χ1) is 9.49. The molecule has 1 aliphatic heterocycles. The standard InChI is InChI=1S/C15H19BrN2O2/c1-11(19)14-5-4-13(16)10-15(14)18-7-3-6-17(8-9-18)12(2)20/h4-5,10H,3,6-9H2,1-2H3. The minimum absolute atomic E-state index is 0.0696. The van der Waals surface area contributed by atoms with Crippen molar-refractivity contribution in [1.82, 2.24) is 4.90 Å². The number of amides is 1. The van der Waals surface area contributed by atoms with Crippen LogP contribution in [0.15, 0.2) is 22.7 Å². The summed E-state index contributed by atoms with van der Waals surface area (Å²) in [5.41, 5.74) is 1.70. The number of nitrogens with zero attached hydrogens (tertiary/aromatic N) is 2. The van der Waals surface area contributed by atoms with Gasteiger partial charge in [0.05, 0.1) is 0 Å². The van der Waals surface area contributed by atoms with Crippen LogP contribution in [0.4, 0.5) is 5.69 Å². The Hall–Kier alpha value is -1.36. The van der Waals surface area contributed by atoms with Crippen LogP contribution in [-0.4, -0.2) is 42.8 Å². The van der Waals surface area contributed by atoms with E-state index in [0.29, 0.717) is 6.54 Å². The first kappa shape index (κ1) is 15.0.